The number of thiophene rings is 2. The van der Waals surface area contributed by atoms with E-state index in [4.69, 9.17) is 4.98 Å². The van der Waals surface area contributed by atoms with E-state index in [1.54, 1.807) is 15.9 Å². The molecule has 3 aromatic heterocycles. The van der Waals surface area contributed by atoms with Crippen LogP contribution in [-0.2, 0) is 24.3 Å². The minimum absolute atomic E-state index is 0.0529. The van der Waals surface area contributed by atoms with E-state index in [9.17, 15) is 9.59 Å². The van der Waals surface area contributed by atoms with Crippen molar-refractivity contribution in [2.24, 2.45) is 0 Å². The fourth-order valence-corrected chi connectivity index (χ4v) is 6.34. The zero-order chi connectivity index (χ0) is 23.5. The molecule has 0 saturated carbocycles. The number of anilines is 1. The second kappa shape index (κ2) is 10.2. The first kappa shape index (κ1) is 23.0. The third-order valence-electron chi connectivity index (χ3n) is 6.35. The number of fused-ring (bicyclic) bond motifs is 1. The maximum absolute atomic E-state index is 13.8. The largest absolute Gasteiger partial charge is 0.324 e. The summed E-state index contributed by atoms with van der Waals surface area (Å²) in [5.41, 5.74) is 2.63. The van der Waals surface area contributed by atoms with E-state index in [2.05, 4.69) is 17.1 Å². The molecule has 1 fully saturated rings. The molecule has 0 spiro atoms. The number of carbonyl (C=O) groups excluding carboxylic acids is 1. The van der Waals surface area contributed by atoms with Gasteiger partial charge in [0.1, 0.15) is 17.2 Å². The standard InChI is InChI=1S/C26H28N4O2S2/c1-2-18-9-4-5-10-20(18)27-23(31)16-30-22(15-29-12-6-3-7-13-29)28-25-24(26(30)32)19(17-34-25)21-11-8-14-33-21/h4-5,8-11,14,17H,2-3,6-7,12-13,15-16H2,1H3,(H,27,31). The van der Waals surface area contributed by atoms with Crippen molar-refractivity contribution in [2.45, 2.75) is 45.7 Å². The number of rotatable bonds is 7. The van der Waals surface area contributed by atoms with E-state index in [-0.39, 0.29) is 18.0 Å². The highest BCUT2D eigenvalue weighted by atomic mass is 32.1. The Morgan fingerprint density at radius 3 is 2.68 bits per heavy atom. The van der Waals surface area contributed by atoms with Gasteiger partial charge in [-0.1, -0.05) is 37.6 Å². The third kappa shape index (κ3) is 4.71. The Kier molecular flexibility index (Phi) is 6.89. The Balaban J connectivity index is 1.53. The Bertz CT molecular complexity index is 1350. The second-order valence-corrected chi connectivity index (χ2v) is 10.4. The highest BCUT2D eigenvalue weighted by Crippen LogP contribution is 2.34. The van der Waals surface area contributed by atoms with Gasteiger partial charge in [0.25, 0.3) is 5.56 Å². The molecule has 0 aliphatic carbocycles. The molecule has 4 heterocycles. The number of likely N-dealkylation sites (tertiary alicyclic amines) is 1. The molecule has 4 aromatic rings. The number of aromatic nitrogens is 2. The number of amides is 1. The van der Waals surface area contributed by atoms with Crippen molar-refractivity contribution < 1.29 is 4.79 Å². The van der Waals surface area contributed by atoms with Crippen LogP contribution in [0.2, 0.25) is 0 Å². The summed E-state index contributed by atoms with van der Waals surface area (Å²) in [4.78, 5) is 36.0. The lowest BCUT2D eigenvalue weighted by molar-refractivity contribution is -0.116. The maximum Gasteiger partial charge on any atom is 0.263 e. The van der Waals surface area contributed by atoms with Crippen molar-refractivity contribution in [3.8, 4) is 10.4 Å². The topological polar surface area (TPSA) is 67.2 Å². The molecular weight excluding hydrogens is 464 g/mol. The van der Waals surface area contributed by atoms with Crippen LogP contribution in [0.3, 0.4) is 0 Å². The van der Waals surface area contributed by atoms with E-state index in [0.717, 1.165) is 58.9 Å². The maximum atomic E-state index is 13.8. The van der Waals surface area contributed by atoms with E-state index < -0.39 is 0 Å². The van der Waals surface area contributed by atoms with Gasteiger partial charge in [0.15, 0.2) is 0 Å². The quantitative estimate of drug-likeness (QED) is 0.376. The van der Waals surface area contributed by atoms with Crippen LogP contribution < -0.4 is 10.9 Å². The predicted molar refractivity (Wildman–Crippen MR) is 141 cm³/mol. The fraction of sp³-hybridized carbons (Fsp3) is 0.346. The number of aryl methyl sites for hydroxylation is 1. The number of benzene rings is 1. The van der Waals surface area contributed by atoms with Gasteiger partial charge in [0.05, 0.1) is 11.9 Å². The van der Waals surface area contributed by atoms with Gasteiger partial charge >= 0.3 is 0 Å². The number of nitrogens with zero attached hydrogens (tertiary/aromatic N) is 3. The van der Waals surface area contributed by atoms with Crippen molar-refractivity contribution in [1.82, 2.24) is 14.5 Å². The van der Waals surface area contributed by atoms with Gasteiger partial charge in [-0.3, -0.25) is 19.1 Å². The average molecular weight is 493 g/mol. The van der Waals surface area contributed by atoms with Crippen molar-refractivity contribution in [1.29, 1.82) is 0 Å². The number of hydrogen-bond acceptors (Lipinski definition) is 6. The lowest BCUT2D eigenvalue weighted by Gasteiger charge is -2.27. The summed E-state index contributed by atoms with van der Waals surface area (Å²) in [5.74, 6) is 0.454. The van der Waals surface area contributed by atoms with Gasteiger partial charge < -0.3 is 5.32 Å². The molecule has 0 bridgehead atoms. The molecule has 6 nitrogen and oxygen atoms in total. The Morgan fingerprint density at radius 2 is 1.91 bits per heavy atom. The minimum Gasteiger partial charge on any atom is -0.324 e. The van der Waals surface area contributed by atoms with Crippen molar-refractivity contribution >= 4 is 44.5 Å². The molecule has 0 radical (unpaired) electrons. The minimum atomic E-state index is -0.211. The summed E-state index contributed by atoms with van der Waals surface area (Å²) >= 11 is 3.11. The first-order valence-corrected chi connectivity index (χ1v) is 13.5. The molecule has 5 rings (SSSR count). The van der Waals surface area contributed by atoms with Gasteiger partial charge in [-0.15, -0.1) is 22.7 Å². The summed E-state index contributed by atoms with van der Waals surface area (Å²) in [6.45, 7) is 4.58. The predicted octanol–water partition coefficient (Wildman–Crippen LogP) is 5.37. The molecule has 1 N–H and O–H groups in total. The van der Waals surface area contributed by atoms with Crippen LogP contribution >= 0.6 is 22.7 Å². The lowest BCUT2D eigenvalue weighted by Crippen LogP contribution is -2.36. The monoisotopic (exact) mass is 492 g/mol. The molecular formula is C26H28N4O2S2. The van der Waals surface area contributed by atoms with Gasteiger partial charge in [0.2, 0.25) is 5.91 Å². The molecule has 1 aliphatic heterocycles. The van der Waals surface area contributed by atoms with Crippen LogP contribution in [0.25, 0.3) is 20.7 Å². The Morgan fingerprint density at radius 1 is 1.09 bits per heavy atom. The van der Waals surface area contributed by atoms with E-state index in [1.807, 2.05) is 47.2 Å². The number of piperidine rings is 1. The smallest absolute Gasteiger partial charge is 0.263 e. The van der Waals surface area contributed by atoms with Crippen LogP contribution in [0, 0.1) is 0 Å². The van der Waals surface area contributed by atoms with Crippen LogP contribution in [0.15, 0.2) is 52.0 Å². The zero-order valence-electron chi connectivity index (χ0n) is 19.3. The van der Waals surface area contributed by atoms with Crippen LogP contribution in [0.1, 0.15) is 37.6 Å². The summed E-state index contributed by atoms with van der Waals surface area (Å²) in [6, 6.07) is 11.8. The SMILES string of the molecule is CCc1ccccc1NC(=O)Cn1c(CN2CCCCC2)nc2scc(-c3cccs3)c2c1=O. The molecule has 1 amide bonds. The lowest BCUT2D eigenvalue weighted by atomic mass is 10.1. The van der Waals surface area contributed by atoms with Gasteiger partial charge in [0, 0.05) is 21.5 Å². The third-order valence-corrected chi connectivity index (χ3v) is 8.12. The second-order valence-electron chi connectivity index (χ2n) is 8.62. The Labute approximate surface area is 206 Å². The van der Waals surface area contributed by atoms with Crippen molar-refractivity contribution in [3.63, 3.8) is 0 Å². The molecule has 34 heavy (non-hydrogen) atoms. The molecule has 0 unspecified atom stereocenters. The van der Waals surface area contributed by atoms with Gasteiger partial charge in [-0.2, -0.15) is 0 Å². The van der Waals surface area contributed by atoms with Crippen molar-refractivity contribution in [3.05, 3.63) is 68.9 Å². The first-order valence-electron chi connectivity index (χ1n) is 11.8. The van der Waals surface area contributed by atoms with Crippen LogP contribution in [0.5, 0.6) is 0 Å². The molecule has 1 aromatic carbocycles. The Hall–Kier alpha value is -2.81. The number of nitrogens with one attached hydrogen (secondary N) is 1. The highest BCUT2D eigenvalue weighted by molar-refractivity contribution is 7.18. The number of hydrogen-bond donors (Lipinski definition) is 1. The van der Waals surface area contributed by atoms with E-state index >= 15 is 0 Å². The van der Waals surface area contributed by atoms with Crippen molar-refractivity contribution in [2.75, 3.05) is 18.4 Å². The molecule has 1 aliphatic rings. The fourth-order valence-electron chi connectivity index (χ4n) is 4.56. The molecule has 8 heteroatoms. The molecule has 0 atom stereocenters. The first-order chi connectivity index (χ1) is 16.6. The summed E-state index contributed by atoms with van der Waals surface area (Å²) in [5, 5.41) is 7.64. The van der Waals surface area contributed by atoms with Crippen LogP contribution in [-0.4, -0.2) is 33.4 Å². The van der Waals surface area contributed by atoms with Crippen LogP contribution in [0.4, 0.5) is 5.69 Å². The van der Waals surface area contributed by atoms with E-state index in [1.165, 1.54) is 17.8 Å². The number of para-hydroxylation sites is 1. The van der Waals surface area contributed by atoms with E-state index in [0.29, 0.717) is 17.8 Å². The zero-order valence-corrected chi connectivity index (χ0v) is 20.9. The highest BCUT2D eigenvalue weighted by Gasteiger charge is 2.21. The average Bonchev–Trinajstić information content (AvgIpc) is 3.52. The summed E-state index contributed by atoms with van der Waals surface area (Å²) in [6.07, 6.45) is 4.37. The number of carbonyl (C=O) groups is 1. The summed E-state index contributed by atoms with van der Waals surface area (Å²) in [7, 11) is 0. The van der Waals surface area contributed by atoms with Gasteiger partial charge in [-0.05, 0) is 55.4 Å². The molecule has 176 valence electrons. The summed E-state index contributed by atoms with van der Waals surface area (Å²) < 4.78 is 1.59. The van der Waals surface area contributed by atoms with Gasteiger partial charge in [-0.25, -0.2) is 4.98 Å². The molecule has 1 saturated heterocycles. The normalized spacial score (nSPS) is 14.5.